The molecule has 0 aromatic heterocycles. The summed E-state index contributed by atoms with van der Waals surface area (Å²) in [6.07, 6.45) is 5.72. The highest BCUT2D eigenvalue weighted by atomic mass is 15.1. The van der Waals surface area contributed by atoms with Gasteiger partial charge >= 0.3 is 0 Å². The Morgan fingerprint density at radius 3 is 2.71 bits per heavy atom. The molecule has 1 heterocycles. The number of rotatable bonds is 2. The summed E-state index contributed by atoms with van der Waals surface area (Å²) < 4.78 is 0. The van der Waals surface area contributed by atoms with Crippen molar-refractivity contribution in [2.24, 2.45) is 0 Å². The molecule has 0 N–H and O–H groups in total. The molecule has 0 saturated heterocycles. The van der Waals surface area contributed by atoms with Crippen LogP contribution in [-0.4, -0.2) is 6.54 Å². The molecular formula is C13H17N. The van der Waals surface area contributed by atoms with Crippen LogP contribution >= 0.6 is 0 Å². The Hall–Kier alpha value is -1.24. The summed E-state index contributed by atoms with van der Waals surface area (Å²) >= 11 is 0. The number of hydrogen-bond donors (Lipinski definition) is 0. The molecule has 1 nitrogen and oxygen atoms in total. The lowest BCUT2D eigenvalue weighted by molar-refractivity contribution is 0.778. The van der Waals surface area contributed by atoms with E-state index in [4.69, 9.17) is 0 Å². The average Bonchev–Trinajstić information content (AvgIpc) is 2.27. The van der Waals surface area contributed by atoms with Gasteiger partial charge in [0.05, 0.1) is 0 Å². The number of anilines is 1. The molecule has 0 saturated carbocycles. The van der Waals surface area contributed by atoms with Gasteiger partial charge in [0.25, 0.3) is 0 Å². The second-order valence-electron chi connectivity index (χ2n) is 3.70. The van der Waals surface area contributed by atoms with Crippen LogP contribution < -0.4 is 4.90 Å². The van der Waals surface area contributed by atoms with Crippen molar-refractivity contribution in [2.75, 3.05) is 11.4 Å². The SMILES string of the molecule is CCC1C=CN(CC)c2ccccc21. The van der Waals surface area contributed by atoms with Crippen LogP contribution in [0.1, 0.15) is 31.7 Å². The highest BCUT2D eigenvalue weighted by molar-refractivity contribution is 5.60. The van der Waals surface area contributed by atoms with Crippen molar-refractivity contribution in [1.29, 1.82) is 0 Å². The van der Waals surface area contributed by atoms with E-state index in [1.54, 1.807) is 0 Å². The van der Waals surface area contributed by atoms with E-state index in [-0.39, 0.29) is 0 Å². The van der Waals surface area contributed by atoms with E-state index in [0.29, 0.717) is 5.92 Å². The van der Waals surface area contributed by atoms with E-state index in [2.05, 4.69) is 55.3 Å². The first-order chi connectivity index (χ1) is 6.86. The molecule has 0 radical (unpaired) electrons. The van der Waals surface area contributed by atoms with Crippen molar-refractivity contribution < 1.29 is 0 Å². The molecule has 1 unspecified atom stereocenters. The predicted molar refractivity (Wildman–Crippen MR) is 61.6 cm³/mol. The fourth-order valence-corrected chi connectivity index (χ4v) is 2.09. The maximum absolute atomic E-state index is 2.31. The summed E-state index contributed by atoms with van der Waals surface area (Å²) in [5.41, 5.74) is 2.85. The van der Waals surface area contributed by atoms with Gasteiger partial charge in [0.15, 0.2) is 0 Å². The van der Waals surface area contributed by atoms with Crippen LogP contribution in [0.3, 0.4) is 0 Å². The molecule has 1 aromatic carbocycles. The molecule has 1 heteroatoms. The summed E-state index contributed by atoms with van der Waals surface area (Å²) in [6, 6.07) is 8.71. The van der Waals surface area contributed by atoms with E-state index >= 15 is 0 Å². The number of hydrogen-bond acceptors (Lipinski definition) is 1. The van der Waals surface area contributed by atoms with E-state index in [9.17, 15) is 0 Å². The molecule has 2 rings (SSSR count). The molecule has 1 atom stereocenters. The molecule has 1 aliphatic rings. The normalized spacial score (nSPS) is 19.6. The van der Waals surface area contributed by atoms with Gasteiger partial charge in [0.2, 0.25) is 0 Å². The zero-order valence-electron chi connectivity index (χ0n) is 8.90. The lowest BCUT2D eigenvalue weighted by atomic mass is 9.92. The van der Waals surface area contributed by atoms with E-state index in [1.165, 1.54) is 17.7 Å². The Morgan fingerprint density at radius 2 is 2.00 bits per heavy atom. The van der Waals surface area contributed by atoms with Gasteiger partial charge in [-0.15, -0.1) is 0 Å². The fraction of sp³-hybridized carbons (Fsp3) is 0.385. The molecule has 0 amide bonds. The summed E-state index contributed by atoms with van der Waals surface area (Å²) in [5, 5.41) is 0. The number of allylic oxidation sites excluding steroid dienone is 1. The maximum atomic E-state index is 2.31. The van der Waals surface area contributed by atoms with Crippen molar-refractivity contribution >= 4 is 5.69 Å². The third-order valence-electron chi connectivity index (χ3n) is 2.92. The van der Waals surface area contributed by atoms with Crippen molar-refractivity contribution in [3.8, 4) is 0 Å². The van der Waals surface area contributed by atoms with Crippen LogP contribution in [0.2, 0.25) is 0 Å². The van der Waals surface area contributed by atoms with Gasteiger partial charge in [0.1, 0.15) is 0 Å². The van der Waals surface area contributed by atoms with Crippen LogP contribution in [0.15, 0.2) is 36.5 Å². The number of para-hydroxylation sites is 1. The predicted octanol–water partition coefficient (Wildman–Crippen LogP) is 3.53. The summed E-state index contributed by atoms with van der Waals surface area (Å²) in [7, 11) is 0. The van der Waals surface area contributed by atoms with Crippen LogP contribution in [0, 0.1) is 0 Å². The number of benzene rings is 1. The monoisotopic (exact) mass is 187 g/mol. The molecule has 74 valence electrons. The zero-order valence-corrected chi connectivity index (χ0v) is 8.90. The van der Waals surface area contributed by atoms with Crippen LogP contribution in [0.4, 0.5) is 5.69 Å². The molecule has 0 spiro atoms. The zero-order chi connectivity index (χ0) is 9.97. The van der Waals surface area contributed by atoms with Crippen molar-refractivity contribution in [3.05, 3.63) is 42.1 Å². The minimum atomic E-state index is 0.606. The maximum Gasteiger partial charge on any atom is 0.0444 e. The molecule has 14 heavy (non-hydrogen) atoms. The van der Waals surface area contributed by atoms with Gasteiger partial charge in [-0.25, -0.2) is 0 Å². The molecule has 0 bridgehead atoms. The third-order valence-corrected chi connectivity index (χ3v) is 2.92. The summed E-state index contributed by atoms with van der Waals surface area (Å²) in [4.78, 5) is 2.31. The first-order valence-corrected chi connectivity index (χ1v) is 5.40. The van der Waals surface area contributed by atoms with E-state index < -0.39 is 0 Å². The van der Waals surface area contributed by atoms with Crippen LogP contribution in [0.25, 0.3) is 0 Å². The molecule has 1 aliphatic heterocycles. The summed E-state index contributed by atoms with van der Waals surface area (Å²) in [5.74, 6) is 0.606. The highest BCUT2D eigenvalue weighted by Gasteiger charge is 2.17. The first-order valence-electron chi connectivity index (χ1n) is 5.40. The number of fused-ring (bicyclic) bond motifs is 1. The molecule has 0 aliphatic carbocycles. The quantitative estimate of drug-likeness (QED) is 0.684. The minimum absolute atomic E-state index is 0.606. The van der Waals surface area contributed by atoms with Crippen LogP contribution in [-0.2, 0) is 0 Å². The minimum Gasteiger partial charge on any atom is -0.348 e. The number of nitrogens with zero attached hydrogens (tertiary/aromatic N) is 1. The smallest absolute Gasteiger partial charge is 0.0444 e. The molecule has 0 fully saturated rings. The molecule has 1 aromatic rings. The van der Waals surface area contributed by atoms with Crippen molar-refractivity contribution in [3.63, 3.8) is 0 Å². The Bertz CT molecular complexity index is 308. The van der Waals surface area contributed by atoms with Gasteiger partial charge in [-0.2, -0.15) is 0 Å². The second-order valence-corrected chi connectivity index (χ2v) is 3.70. The third kappa shape index (κ3) is 1.43. The van der Waals surface area contributed by atoms with Gasteiger partial charge < -0.3 is 4.90 Å². The lowest BCUT2D eigenvalue weighted by Crippen LogP contribution is -2.20. The Labute approximate surface area is 86.1 Å². The standard InChI is InChI=1S/C13H17N/c1-3-11-9-10-14(4-2)13-8-6-5-7-12(11)13/h5-11H,3-4H2,1-2H3. The summed E-state index contributed by atoms with van der Waals surface area (Å²) in [6.45, 7) is 5.48. The lowest BCUT2D eigenvalue weighted by Gasteiger charge is -2.29. The largest absolute Gasteiger partial charge is 0.348 e. The Kier molecular flexibility index (Phi) is 2.58. The van der Waals surface area contributed by atoms with Crippen molar-refractivity contribution in [1.82, 2.24) is 0 Å². The van der Waals surface area contributed by atoms with Crippen molar-refractivity contribution in [2.45, 2.75) is 26.2 Å². The van der Waals surface area contributed by atoms with Gasteiger partial charge in [0, 0.05) is 24.4 Å². The van der Waals surface area contributed by atoms with E-state index in [0.717, 1.165) is 6.54 Å². The van der Waals surface area contributed by atoms with Gasteiger partial charge in [-0.1, -0.05) is 31.2 Å². The Balaban J connectivity index is 2.44. The first kappa shape index (κ1) is 9.32. The Morgan fingerprint density at radius 1 is 1.21 bits per heavy atom. The van der Waals surface area contributed by atoms with Gasteiger partial charge in [-0.05, 0) is 25.0 Å². The highest BCUT2D eigenvalue weighted by Crippen LogP contribution is 2.34. The van der Waals surface area contributed by atoms with Crippen LogP contribution in [0.5, 0.6) is 0 Å². The second kappa shape index (κ2) is 3.87. The fourth-order valence-electron chi connectivity index (χ4n) is 2.09. The van der Waals surface area contributed by atoms with Gasteiger partial charge in [-0.3, -0.25) is 0 Å². The average molecular weight is 187 g/mol. The topological polar surface area (TPSA) is 3.24 Å². The van der Waals surface area contributed by atoms with E-state index in [1.807, 2.05) is 0 Å². The molecular weight excluding hydrogens is 170 g/mol.